The highest BCUT2D eigenvalue weighted by molar-refractivity contribution is 6.01. The van der Waals surface area contributed by atoms with Gasteiger partial charge < -0.3 is 14.4 Å². The van der Waals surface area contributed by atoms with Gasteiger partial charge in [-0.2, -0.15) is 5.10 Å². The Morgan fingerprint density at radius 3 is 2.53 bits per heavy atom. The molecule has 10 nitrogen and oxygen atoms in total. The van der Waals surface area contributed by atoms with E-state index in [1.165, 1.54) is 12.0 Å². The second kappa shape index (κ2) is 9.36. The van der Waals surface area contributed by atoms with Crippen LogP contribution in [0.5, 0.6) is 0 Å². The smallest absolute Gasteiger partial charge is 0.414 e. The topological polar surface area (TPSA) is 97.2 Å². The molecule has 1 fully saturated rings. The molecule has 4 rings (SSSR count). The lowest BCUT2D eigenvalue weighted by Crippen LogP contribution is -2.52. The lowest BCUT2D eigenvalue weighted by atomic mass is 10.0. The summed E-state index contributed by atoms with van der Waals surface area (Å²) in [7, 11) is 3.16. The fourth-order valence-corrected chi connectivity index (χ4v) is 4.13. The van der Waals surface area contributed by atoms with Gasteiger partial charge in [-0.05, 0) is 51.3 Å². The van der Waals surface area contributed by atoms with Crippen molar-refractivity contribution in [2.24, 2.45) is 0 Å². The number of fused-ring (bicyclic) bond motifs is 1. The molecule has 2 heterocycles. The Hall–Kier alpha value is -3.56. The minimum absolute atomic E-state index is 0.0212. The monoisotopic (exact) mass is 469 g/mol. The summed E-state index contributed by atoms with van der Waals surface area (Å²) in [5.74, 6) is 0.0212. The van der Waals surface area contributed by atoms with Crippen LogP contribution in [0.1, 0.15) is 33.6 Å². The first-order valence-electron chi connectivity index (χ1n) is 11.5. The average molecular weight is 470 g/mol. The summed E-state index contributed by atoms with van der Waals surface area (Å²) >= 11 is 0. The normalized spacial score (nSPS) is 17.4. The number of nitrogens with zero attached hydrogens (tertiary/aromatic N) is 5. The quantitative estimate of drug-likeness (QED) is 0.665. The molecule has 2 aromatic rings. The van der Waals surface area contributed by atoms with Crippen molar-refractivity contribution in [3.05, 3.63) is 30.6 Å². The second-order valence-electron chi connectivity index (χ2n) is 9.10. The number of benzene rings is 1. The number of aromatic nitrogens is 2. The molecule has 0 bridgehead atoms. The molecule has 0 spiro atoms. The van der Waals surface area contributed by atoms with Gasteiger partial charge in [0.15, 0.2) is 0 Å². The molecular weight excluding hydrogens is 438 g/mol. The van der Waals surface area contributed by atoms with E-state index in [1.54, 1.807) is 46.8 Å². The van der Waals surface area contributed by atoms with Crippen LogP contribution in [0, 0.1) is 0 Å². The summed E-state index contributed by atoms with van der Waals surface area (Å²) in [6.07, 6.45) is 4.35. The van der Waals surface area contributed by atoms with E-state index in [4.69, 9.17) is 9.47 Å². The number of carbonyl (C=O) groups is 3. The fraction of sp³-hybridized carbons (Fsp3) is 0.500. The van der Waals surface area contributed by atoms with Gasteiger partial charge in [0.05, 0.1) is 43.4 Å². The minimum Gasteiger partial charge on any atom is -0.452 e. The van der Waals surface area contributed by atoms with Crippen LogP contribution in [0.4, 0.5) is 21.0 Å². The highest BCUT2D eigenvalue weighted by Crippen LogP contribution is 2.39. The van der Waals surface area contributed by atoms with Crippen molar-refractivity contribution >= 4 is 29.5 Å². The van der Waals surface area contributed by atoms with E-state index >= 15 is 0 Å². The van der Waals surface area contributed by atoms with Crippen molar-refractivity contribution in [1.82, 2.24) is 14.7 Å². The first-order chi connectivity index (χ1) is 16.2. The molecule has 182 valence electrons. The number of hydrogen-bond acceptors (Lipinski definition) is 6. The number of methoxy groups -OCH3 is 1. The van der Waals surface area contributed by atoms with Crippen LogP contribution in [0.15, 0.2) is 30.6 Å². The zero-order valence-electron chi connectivity index (χ0n) is 20.2. The van der Waals surface area contributed by atoms with Crippen LogP contribution in [-0.2, 0) is 20.8 Å². The molecule has 0 saturated heterocycles. The van der Waals surface area contributed by atoms with Gasteiger partial charge in [-0.3, -0.25) is 19.3 Å². The molecule has 0 radical (unpaired) electrons. The van der Waals surface area contributed by atoms with Crippen LogP contribution < -0.4 is 9.80 Å². The van der Waals surface area contributed by atoms with Crippen LogP contribution in [0.3, 0.4) is 0 Å². The van der Waals surface area contributed by atoms with E-state index in [-0.39, 0.29) is 31.1 Å². The Morgan fingerprint density at radius 2 is 1.88 bits per heavy atom. The van der Waals surface area contributed by atoms with Gasteiger partial charge in [0.1, 0.15) is 6.54 Å². The van der Waals surface area contributed by atoms with Gasteiger partial charge in [-0.15, -0.1) is 0 Å². The molecule has 1 saturated carbocycles. The van der Waals surface area contributed by atoms with Gasteiger partial charge in [-0.1, -0.05) is 6.07 Å². The fourth-order valence-electron chi connectivity index (χ4n) is 4.13. The van der Waals surface area contributed by atoms with Crippen LogP contribution in [-0.4, -0.2) is 71.7 Å². The summed E-state index contributed by atoms with van der Waals surface area (Å²) in [6, 6.07) is 5.52. The lowest BCUT2D eigenvalue weighted by molar-refractivity contribution is -0.131. The number of ether oxygens (including phenoxy) is 2. The van der Waals surface area contributed by atoms with Crippen molar-refractivity contribution in [3.8, 4) is 11.1 Å². The van der Waals surface area contributed by atoms with Crippen molar-refractivity contribution < 1.29 is 23.9 Å². The molecule has 1 aromatic heterocycles. The molecule has 1 aliphatic carbocycles. The van der Waals surface area contributed by atoms with Gasteiger partial charge in [-0.25, -0.2) is 9.59 Å². The zero-order valence-corrected chi connectivity index (χ0v) is 20.2. The number of anilines is 2. The third-order valence-electron chi connectivity index (χ3n) is 6.09. The largest absolute Gasteiger partial charge is 0.452 e. The number of rotatable bonds is 5. The van der Waals surface area contributed by atoms with Crippen molar-refractivity contribution in [3.63, 3.8) is 0 Å². The van der Waals surface area contributed by atoms with Gasteiger partial charge in [0.2, 0.25) is 5.91 Å². The summed E-state index contributed by atoms with van der Waals surface area (Å²) in [5.41, 5.74) is 2.70. The molecule has 1 aliphatic heterocycles. The molecule has 2 aliphatic rings. The maximum absolute atomic E-state index is 12.9. The lowest BCUT2D eigenvalue weighted by Gasteiger charge is -2.40. The molecule has 3 amide bonds. The van der Waals surface area contributed by atoms with Crippen LogP contribution >= 0.6 is 0 Å². The summed E-state index contributed by atoms with van der Waals surface area (Å²) < 4.78 is 12.0. The highest BCUT2D eigenvalue weighted by atomic mass is 16.6. The molecule has 10 heteroatoms. The second-order valence-corrected chi connectivity index (χ2v) is 9.10. The Balaban J connectivity index is 1.64. The zero-order chi connectivity index (χ0) is 24.6. The summed E-state index contributed by atoms with van der Waals surface area (Å²) in [6.45, 7) is 5.86. The van der Waals surface area contributed by atoms with E-state index in [0.29, 0.717) is 17.4 Å². The third-order valence-corrected chi connectivity index (χ3v) is 6.09. The first-order valence-corrected chi connectivity index (χ1v) is 11.5. The molecular formula is C24H31N5O5. The Kier molecular flexibility index (Phi) is 6.49. The minimum atomic E-state index is -0.496. The van der Waals surface area contributed by atoms with Crippen LogP contribution in [0.2, 0.25) is 0 Å². The van der Waals surface area contributed by atoms with Gasteiger partial charge in [0, 0.05) is 24.8 Å². The Bertz CT molecular complexity index is 1090. The van der Waals surface area contributed by atoms with E-state index < -0.39 is 12.2 Å². The van der Waals surface area contributed by atoms with E-state index in [1.807, 2.05) is 26.1 Å². The van der Waals surface area contributed by atoms with Crippen molar-refractivity contribution in [2.45, 2.75) is 58.3 Å². The number of hydrogen-bond donors (Lipinski definition) is 0. The maximum Gasteiger partial charge on any atom is 0.414 e. The standard InChI is InChI=1S/C24H31N5O5/c1-15(2)34-23(31)28-12-16(3)29(24(32)33-5)20-9-6-17(10-21(20)28)18-11-25-27(13-18)14-22(30)26(4)19-7-8-19/h6,9-11,13,15-16,19H,7-8,12,14H2,1-5H3/t16-/m0/s1. The van der Waals surface area contributed by atoms with Gasteiger partial charge >= 0.3 is 12.2 Å². The molecule has 1 aromatic carbocycles. The molecule has 0 unspecified atom stereocenters. The highest BCUT2D eigenvalue weighted by Gasteiger charge is 2.36. The Morgan fingerprint density at radius 1 is 1.15 bits per heavy atom. The number of carbonyl (C=O) groups excluding carboxylic acids is 3. The van der Waals surface area contributed by atoms with E-state index in [2.05, 4.69) is 5.10 Å². The maximum atomic E-state index is 12.9. The SMILES string of the molecule is COC(=O)N1c2ccc(-c3cnn(CC(=O)N(C)C4CC4)c3)cc2N(C(=O)OC(C)C)C[C@@H]1C. The van der Waals surface area contributed by atoms with Crippen molar-refractivity contribution in [1.29, 1.82) is 0 Å². The summed E-state index contributed by atoms with van der Waals surface area (Å²) in [4.78, 5) is 42.7. The van der Waals surface area contributed by atoms with Gasteiger partial charge in [0.25, 0.3) is 0 Å². The van der Waals surface area contributed by atoms with E-state index in [0.717, 1.165) is 24.0 Å². The van der Waals surface area contributed by atoms with E-state index in [9.17, 15) is 14.4 Å². The first kappa shape index (κ1) is 23.6. The third kappa shape index (κ3) is 4.71. The van der Waals surface area contributed by atoms with Crippen molar-refractivity contribution in [2.75, 3.05) is 30.5 Å². The number of amides is 3. The predicted octanol–water partition coefficient (Wildman–Crippen LogP) is 3.50. The average Bonchev–Trinajstić information content (AvgIpc) is 3.55. The molecule has 1 atom stereocenters. The predicted molar refractivity (Wildman–Crippen MR) is 127 cm³/mol. The molecule has 34 heavy (non-hydrogen) atoms. The molecule has 0 N–H and O–H groups in total. The van der Waals surface area contributed by atoms with Crippen LogP contribution in [0.25, 0.3) is 11.1 Å². The summed E-state index contributed by atoms with van der Waals surface area (Å²) in [5, 5.41) is 4.35. The Labute approximate surface area is 199 Å². The number of likely N-dealkylation sites (N-methyl/N-ethyl adjacent to an activating group) is 1.